The molecule has 0 heterocycles. The van der Waals surface area contributed by atoms with Crippen molar-refractivity contribution in [1.29, 1.82) is 0 Å². The number of hydrogen-bond donors (Lipinski definition) is 3. The van der Waals surface area contributed by atoms with Crippen molar-refractivity contribution < 1.29 is 47.5 Å². The Bertz CT molecular complexity index is 859. The van der Waals surface area contributed by atoms with Crippen LogP contribution in [-0.2, 0) is 37.5 Å². The molecule has 0 rings (SSSR count). The fourth-order valence-corrected chi connectivity index (χ4v) is 6.26. The Kier molecular flexibility index (Phi) is 32.6. The van der Waals surface area contributed by atoms with Gasteiger partial charge in [-0.2, -0.15) is 0 Å². The van der Waals surface area contributed by atoms with Crippen LogP contribution in [0.1, 0.15) is 187 Å². The molecule has 0 aliphatic carbocycles. The number of unbranched alkanes of at least 4 members (excludes halogenated alkanes) is 23. The number of nitrogens with two attached hydrogens (primary N) is 1. The molecule has 0 amide bonds. The van der Waals surface area contributed by atoms with Crippen LogP contribution in [0, 0.1) is 0 Å². The minimum absolute atomic E-state index is 0.169. The lowest BCUT2D eigenvalue weighted by Crippen LogP contribution is -2.34. The normalized spacial score (nSPS) is 13.9. The first kappa shape index (κ1) is 47.5. The van der Waals surface area contributed by atoms with Gasteiger partial charge in [-0.05, 0) is 12.8 Å². The van der Waals surface area contributed by atoms with Crippen molar-refractivity contribution >= 4 is 25.7 Å². The molecule has 0 aromatic heterocycles. The third kappa shape index (κ3) is 33.4. The van der Waals surface area contributed by atoms with E-state index in [1.165, 1.54) is 109 Å². The topological polar surface area (TPSA) is 172 Å². The summed E-state index contributed by atoms with van der Waals surface area (Å²) < 4.78 is 32.5. The number of carbonyl (C=O) groups is 3. The van der Waals surface area contributed by atoms with Gasteiger partial charge in [0.25, 0.3) is 0 Å². The molecule has 0 aliphatic heterocycles. The molecule has 11 nitrogen and oxygen atoms in total. The molecule has 12 heteroatoms. The van der Waals surface area contributed by atoms with Crippen LogP contribution < -0.4 is 5.73 Å². The molecule has 290 valence electrons. The molecule has 0 saturated carbocycles. The molecule has 0 aromatic carbocycles. The maximum absolute atomic E-state index is 12.6. The van der Waals surface area contributed by atoms with Gasteiger partial charge in [-0.1, -0.05) is 162 Å². The number of phosphoric acid groups is 1. The minimum Gasteiger partial charge on any atom is -0.480 e. The molecule has 3 atom stereocenters. The van der Waals surface area contributed by atoms with Crippen molar-refractivity contribution in [3.05, 3.63) is 0 Å². The summed E-state index contributed by atoms with van der Waals surface area (Å²) in [5.41, 5.74) is 5.31. The van der Waals surface area contributed by atoms with E-state index in [0.29, 0.717) is 12.8 Å². The molecule has 0 spiro atoms. The first-order valence-corrected chi connectivity index (χ1v) is 21.1. The van der Waals surface area contributed by atoms with Crippen LogP contribution >= 0.6 is 7.82 Å². The van der Waals surface area contributed by atoms with Crippen molar-refractivity contribution in [3.63, 3.8) is 0 Å². The molecule has 0 aliphatic rings. The second-order valence-corrected chi connectivity index (χ2v) is 14.9. The molecule has 49 heavy (non-hydrogen) atoms. The highest BCUT2D eigenvalue weighted by atomic mass is 31.2. The van der Waals surface area contributed by atoms with E-state index in [1.807, 2.05) is 0 Å². The van der Waals surface area contributed by atoms with Crippen LogP contribution in [0.4, 0.5) is 0 Å². The average molecular weight is 722 g/mol. The zero-order chi connectivity index (χ0) is 36.4. The largest absolute Gasteiger partial charge is 0.480 e. The quantitative estimate of drug-likeness (QED) is 0.0317. The summed E-state index contributed by atoms with van der Waals surface area (Å²) in [5.74, 6) is -2.37. The van der Waals surface area contributed by atoms with Crippen molar-refractivity contribution in [2.75, 3.05) is 19.8 Å². The summed E-state index contributed by atoms with van der Waals surface area (Å²) in [6.07, 6.45) is 28.9. The van der Waals surface area contributed by atoms with E-state index in [0.717, 1.165) is 38.5 Å². The molecule has 0 fully saturated rings. The van der Waals surface area contributed by atoms with Crippen molar-refractivity contribution in [2.24, 2.45) is 5.73 Å². The Labute approximate surface area is 297 Å². The summed E-state index contributed by atoms with van der Waals surface area (Å²) in [6, 6.07) is -1.51. The van der Waals surface area contributed by atoms with Crippen molar-refractivity contribution in [1.82, 2.24) is 0 Å². The van der Waals surface area contributed by atoms with E-state index < -0.39 is 51.1 Å². The van der Waals surface area contributed by atoms with Crippen LogP contribution in [0.2, 0.25) is 0 Å². The van der Waals surface area contributed by atoms with E-state index in [4.69, 9.17) is 24.8 Å². The van der Waals surface area contributed by atoms with Crippen LogP contribution in [0.3, 0.4) is 0 Å². The predicted octanol–water partition coefficient (Wildman–Crippen LogP) is 9.56. The van der Waals surface area contributed by atoms with E-state index in [2.05, 4.69) is 18.4 Å². The average Bonchev–Trinajstić information content (AvgIpc) is 3.07. The maximum Gasteiger partial charge on any atom is 0.472 e. The monoisotopic (exact) mass is 721 g/mol. The third-order valence-corrected chi connectivity index (χ3v) is 9.56. The number of aliphatic carboxylic acids is 1. The van der Waals surface area contributed by atoms with Crippen molar-refractivity contribution in [2.45, 2.75) is 199 Å². The van der Waals surface area contributed by atoms with Gasteiger partial charge in [-0.3, -0.25) is 23.4 Å². The van der Waals surface area contributed by atoms with Gasteiger partial charge in [0.15, 0.2) is 6.10 Å². The third-order valence-electron chi connectivity index (χ3n) is 8.61. The summed E-state index contributed by atoms with van der Waals surface area (Å²) in [4.78, 5) is 45.7. The fourth-order valence-electron chi connectivity index (χ4n) is 5.48. The highest BCUT2D eigenvalue weighted by Crippen LogP contribution is 2.43. The van der Waals surface area contributed by atoms with Gasteiger partial charge >= 0.3 is 25.7 Å². The summed E-state index contributed by atoms with van der Waals surface area (Å²) in [6.45, 7) is 2.78. The fraction of sp³-hybridized carbons (Fsp3) is 0.919. The number of carboxylic acid groups (broad SMARTS) is 1. The van der Waals surface area contributed by atoms with Crippen LogP contribution in [0.25, 0.3) is 0 Å². The van der Waals surface area contributed by atoms with Gasteiger partial charge in [0.05, 0.1) is 13.2 Å². The smallest absolute Gasteiger partial charge is 0.472 e. The number of ether oxygens (including phenoxy) is 2. The predicted molar refractivity (Wildman–Crippen MR) is 194 cm³/mol. The van der Waals surface area contributed by atoms with Crippen molar-refractivity contribution in [3.8, 4) is 0 Å². The standard InChI is InChI=1S/C37H72NO10P/c1-3-5-7-9-11-13-14-15-16-17-18-19-21-23-25-27-29-36(40)48-33(31-46-49(43,44)47-32-34(38)37(41)42)30-45-35(39)28-26-24-22-20-12-10-8-6-4-2/h33-34H,3-32,38H2,1-2H3,(H,41,42)(H,43,44)/t33-,34-/m0/s1. The van der Waals surface area contributed by atoms with Crippen LogP contribution in [0.5, 0.6) is 0 Å². The Morgan fingerprint density at radius 3 is 1.29 bits per heavy atom. The SMILES string of the molecule is CCCCCCCCCCCCCCCCCCC(=O)O[C@@H](COC(=O)CCCCCCCCCCC)COP(=O)(O)OC[C@H](N)C(=O)O. The second-order valence-electron chi connectivity index (χ2n) is 13.4. The Morgan fingerprint density at radius 2 is 0.898 bits per heavy atom. The zero-order valence-electron chi connectivity index (χ0n) is 31.1. The molecule has 0 radical (unpaired) electrons. The molecule has 0 aromatic rings. The van der Waals surface area contributed by atoms with E-state index >= 15 is 0 Å². The number of hydrogen-bond acceptors (Lipinski definition) is 9. The summed E-state index contributed by atoms with van der Waals surface area (Å²) in [7, 11) is -4.70. The molecular weight excluding hydrogens is 649 g/mol. The van der Waals surface area contributed by atoms with Gasteiger partial charge in [0.2, 0.25) is 0 Å². The first-order chi connectivity index (χ1) is 23.6. The summed E-state index contributed by atoms with van der Waals surface area (Å²) >= 11 is 0. The minimum atomic E-state index is -4.70. The lowest BCUT2D eigenvalue weighted by Gasteiger charge is -2.20. The molecule has 0 bridgehead atoms. The van der Waals surface area contributed by atoms with Gasteiger partial charge in [-0.25, -0.2) is 4.57 Å². The second kappa shape index (κ2) is 33.6. The number of rotatable bonds is 37. The Morgan fingerprint density at radius 1 is 0.551 bits per heavy atom. The van der Waals surface area contributed by atoms with Gasteiger partial charge < -0.3 is 25.2 Å². The molecule has 1 unspecified atom stereocenters. The molecule has 4 N–H and O–H groups in total. The number of phosphoric ester groups is 1. The zero-order valence-corrected chi connectivity index (χ0v) is 31.9. The lowest BCUT2D eigenvalue weighted by atomic mass is 10.0. The van der Waals surface area contributed by atoms with E-state index in [-0.39, 0.29) is 19.4 Å². The molecule has 0 saturated heterocycles. The number of carbonyl (C=O) groups excluding carboxylic acids is 2. The van der Waals surface area contributed by atoms with Crippen LogP contribution in [0.15, 0.2) is 0 Å². The maximum atomic E-state index is 12.6. The number of esters is 2. The molecular formula is C37H72NO10P. The Balaban J connectivity index is 4.35. The van der Waals surface area contributed by atoms with Crippen LogP contribution in [-0.4, -0.2) is 59.9 Å². The van der Waals surface area contributed by atoms with Gasteiger partial charge in [-0.15, -0.1) is 0 Å². The highest BCUT2D eigenvalue weighted by Gasteiger charge is 2.28. The summed E-state index contributed by atoms with van der Waals surface area (Å²) in [5, 5.41) is 8.85. The van der Waals surface area contributed by atoms with E-state index in [1.54, 1.807) is 0 Å². The Hall–Kier alpha value is -1.52. The number of carboxylic acids is 1. The van der Waals surface area contributed by atoms with Gasteiger partial charge in [0.1, 0.15) is 12.6 Å². The van der Waals surface area contributed by atoms with Gasteiger partial charge in [0, 0.05) is 12.8 Å². The highest BCUT2D eigenvalue weighted by molar-refractivity contribution is 7.47. The van der Waals surface area contributed by atoms with E-state index in [9.17, 15) is 23.8 Å². The lowest BCUT2D eigenvalue weighted by molar-refractivity contribution is -0.161. The first-order valence-electron chi connectivity index (χ1n) is 19.6.